The second-order valence-electron chi connectivity index (χ2n) is 4.69. The van der Waals surface area contributed by atoms with Crippen molar-refractivity contribution in [1.82, 2.24) is 5.32 Å². The molecule has 0 heterocycles. The SMILES string of the molecule is CNC(Cc1ccc(OC)c(F)c1)c1ccc(F)c(Br)c1. The van der Waals surface area contributed by atoms with Crippen LogP contribution in [-0.2, 0) is 6.42 Å². The molecule has 0 aliphatic carbocycles. The molecule has 0 fully saturated rings. The quantitative estimate of drug-likeness (QED) is 0.865. The van der Waals surface area contributed by atoms with Gasteiger partial charge in [-0.3, -0.25) is 0 Å². The number of halogens is 3. The molecule has 0 aromatic heterocycles. The topological polar surface area (TPSA) is 21.3 Å². The van der Waals surface area contributed by atoms with Crippen molar-refractivity contribution in [1.29, 1.82) is 0 Å². The molecule has 0 spiro atoms. The summed E-state index contributed by atoms with van der Waals surface area (Å²) in [4.78, 5) is 0. The summed E-state index contributed by atoms with van der Waals surface area (Å²) >= 11 is 3.18. The molecule has 2 aromatic carbocycles. The average Bonchev–Trinajstić information content (AvgIpc) is 2.48. The fraction of sp³-hybridized carbons (Fsp3) is 0.250. The van der Waals surface area contributed by atoms with Crippen molar-refractivity contribution >= 4 is 15.9 Å². The van der Waals surface area contributed by atoms with E-state index < -0.39 is 0 Å². The normalized spacial score (nSPS) is 12.2. The summed E-state index contributed by atoms with van der Waals surface area (Å²) in [7, 11) is 3.26. The van der Waals surface area contributed by atoms with E-state index in [1.54, 1.807) is 18.2 Å². The highest BCUT2D eigenvalue weighted by Gasteiger charge is 2.13. The third-order valence-electron chi connectivity index (χ3n) is 3.35. The third kappa shape index (κ3) is 3.80. The van der Waals surface area contributed by atoms with Crippen LogP contribution in [0.2, 0.25) is 0 Å². The molecular formula is C16H16BrF2NO. The molecule has 0 aliphatic rings. The summed E-state index contributed by atoms with van der Waals surface area (Å²) in [6.45, 7) is 0. The van der Waals surface area contributed by atoms with Crippen molar-refractivity contribution < 1.29 is 13.5 Å². The van der Waals surface area contributed by atoms with Gasteiger partial charge in [0.2, 0.25) is 0 Å². The largest absolute Gasteiger partial charge is 0.494 e. The van der Waals surface area contributed by atoms with Crippen LogP contribution in [0.4, 0.5) is 8.78 Å². The lowest BCUT2D eigenvalue weighted by Gasteiger charge is -2.17. The van der Waals surface area contributed by atoms with Gasteiger partial charge in [-0.15, -0.1) is 0 Å². The lowest BCUT2D eigenvalue weighted by Crippen LogP contribution is -2.19. The molecule has 2 aromatic rings. The third-order valence-corrected chi connectivity index (χ3v) is 3.96. The number of benzene rings is 2. The van der Waals surface area contributed by atoms with Crippen molar-refractivity contribution in [3.63, 3.8) is 0 Å². The first-order valence-corrected chi connectivity index (χ1v) is 7.29. The number of rotatable bonds is 5. The second-order valence-corrected chi connectivity index (χ2v) is 5.54. The molecule has 112 valence electrons. The Morgan fingerprint density at radius 1 is 1.14 bits per heavy atom. The van der Waals surface area contributed by atoms with Gasteiger partial charge in [0.1, 0.15) is 5.82 Å². The standard InChI is InChI=1S/C16H16BrF2NO/c1-20-15(11-4-5-13(18)12(17)9-11)8-10-3-6-16(21-2)14(19)7-10/h3-7,9,15,20H,8H2,1-2H3. The number of nitrogens with one attached hydrogen (secondary N) is 1. The predicted octanol–water partition coefficient (Wildman–Crippen LogP) is 4.24. The molecular weight excluding hydrogens is 340 g/mol. The van der Waals surface area contributed by atoms with Crippen molar-refractivity contribution in [3.8, 4) is 5.75 Å². The van der Waals surface area contributed by atoms with Gasteiger partial charge < -0.3 is 10.1 Å². The summed E-state index contributed by atoms with van der Waals surface area (Å²) in [5.41, 5.74) is 1.77. The van der Waals surface area contributed by atoms with Gasteiger partial charge in [-0.05, 0) is 64.8 Å². The van der Waals surface area contributed by atoms with E-state index in [-0.39, 0.29) is 23.4 Å². The van der Waals surface area contributed by atoms with E-state index in [2.05, 4.69) is 21.2 Å². The number of hydrogen-bond donors (Lipinski definition) is 1. The molecule has 1 N–H and O–H groups in total. The maximum absolute atomic E-state index is 13.7. The van der Waals surface area contributed by atoms with Crippen molar-refractivity contribution in [2.75, 3.05) is 14.2 Å². The minimum Gasteiger partial charge on any atom is -0.494 e. The average molecular weight is 356 g/mol. The molecule has 1 unspecified atom stereocenters. The summed E-state index contributed by atoms with van der Waals surface area (Å²) in [6, 6.07) is 9.73. The molecule has 21 heavy (non-hydrogen) atoms. The van der Waals surface area contributed by atoms with Gasteiger partial charge in [0, 0.05) is 6.04 Å². The van der Waals surface area contributed by atoms with Crippen LogP contribution in [0.15, 0.2) is 40.9 Å². The van der Waals surface area contributed by atoms with E-state index in [1.165, 1.54) is 19.2 Å². The Balaban J connectivity index is 2.22. The smallest absolute Gasteiger partial charge is 0.165 e. The Hall–Kier alpha value is -1.46. The van der Waals surface area contributed by atoms with E-state index in [9.17, 15) is 8.78 Å². The summed E-state index contributed by atoms with van der Waals surface area (Å²) < 4.78 is 32.3. The first-order valence-electron chi connectivity index (χ1n) is 6.49. The molecule has 5 heteroatoms. The number of hydrogen-bond acceptors (Lipinski definition) is 2. The van der Waals surface area contributed by atoms with Gasteiger partial charge in [-0.25, -0.2) is 8.78 Å². The molecule has 0 saturated heterocycles. The van der Waals surface area contributed by atoms with Crippen molar-refractivity contribution in [2.45, 2.75) is 12.5 Å². The minimum absolute atomic E-state index is 0.0327. The molecule has 2 rings (SSSR count). The van der Waals surface area contributed by atoms with Crippen molar-refractivity contribution in [3.05, 3.63) is 63.6 Å². The van der Waals surface area contributed by atoms with Crippen molar-refractivity contribution in [2.24, 2.45) is 0 Å². The van der Waals surface area contributed by atoms with E-state index in [0.29, 0.717) is 10.9 Å². The minimum atomic E-state index is -0.384. The first kappa shape index (κ1) is 15.9. The number of ether oxygens (including phenoxy) is 1. The van der Waals surface area contributed by atoms with E-state index in [1.807, 2.05) is 13.1 Å². The fourth-order valence-corrected chi connectivity index (χ4v) is 2.58. The molecule has 0 bridgehead atoms. The fourth-order valence-electron chi connectivity index (χ4n) is 2.19. The van der Waals surface area contributed by atoms with Gasteiger partial charge in [-0.1, -0.05) is 12.1 Å². The molecule has 2 nitrogen and oxygen atoms in total. The zero-order valence-corrected chi connectivity index (χ0v) is 13.4. The van der Waals surface area contributed by atoms with Gasteiger partial charge in [-0.2, -0.15) is 0 Å². The number of likely N-dealkylation sites (N-methyl/N-ethyl adjacent to an activating group) is 1. The van der Waals surface area contributed by atoms with E-state index in [0.717, 1.165) is 11.1 Å². The van der Waals surface area contributed by atoms with Crippen LogP contribution in [0, 0.1) is 11.6 Å². The molecule has 1 atom stereocenters. The molecule has 0 amide bonds. The van der Waals surface area contributed by atoms with Gasteiger partial charge in [0.05, 0.1) is 11.6 Å². The first-order chi connectivity index (χ1) is 10.0. The van der Waals surface area contributed by atoms with Crippen LogP contribution in [0.25, 0.3) is 0 Å². The maximum atomic E-state index is 13.7. The Morgan fingerprint density at radius 3 is 2.48 bits per heavy atom. The summed E-state index contributed by atoms with van der Waals surface area (Å²) in [5, 5.41) is 3.16. The van der Waals surface area contributed by atoms with Crippen LogP contribution in [0.5, 0.6) is 5.75 Å². The highest BCUT2D eigenvalue weighted by atomic mass is 79.9. The Morgan fingerprint density at radius 2 is 1.90 bits per heavy atom. The lowest BCUT2D eigenvalue weighted by atomic mass is 9.99. The Labute approximate surface area is 131 Å². The molecule has 0 saturated carbocycles. The summed E-state index contributed by atoms with van der Waals surface area (Å²) in [6.07, 6.45) is 0.593. The Kier molecular flexibility index (Phi) is 5.31. The van der Waals surface area contributed by atoms with Crippen LogP contribution < -0.4 is 10.1 Å². The predicted molar refractivity (Wildman–Crippen MR) is 82.6 cm³/mol. The highest BCUT2D eigenvalue weighted by molar-refractivity contribution is 9.10. The van der Waals surface area contributed by atoms with Crippen LogP contribution in [-0.4, -0.2) is 14.2 Å². The molecule has 0 radical (unpaired) electrons. The Bertz CT molecular complexity index is 634. The zero-order valence-electron chi connectivity index (χ0n) is 11.8. The van der Waals surface area contributed by atoms with Gasteiger partial charge in [0.25, 0.3) is 0 Å². The monoisotopic (exact) mass is 355 g/mol. The molecule has 0 aliphatic heterocycles. The van der Waals surface area contributed by atoms with Crippen LogP contribution >= 0.6 is 15.9 Å². The van der Waals surface area contributed by atoms with Crippen LogP contribution in [0.1, 0.15) is 17.2 Å². The second kappa shape index (κ2) is 7.00. The zero-order chi connectivity index (χ0) is 15.4. The number of methoxy groups -OCH3 is 1. The van der Waals surface area contributed by atoms with E-state index >= 15 is 0 Å². The van der Waals surface area contributed by atoms with Gasteiger partial charge in [0.15, 0.2) is 11.6 Å². The highest BCUT2D eigenvalue weighted by Crippen LogP contribution is 2.25. The van der Waals surface area contributed by atoms with E-state index in [4.69, 9.17) is 4.74 Å². The maximum Gasteiger partial charge on any atom is 0.165 e. The van der Waals surface area contributed by atoms with Gasteiger partial charge >= 0.3 is 0 Å². The summed E-state index contributed by atoms with van der Waals surface area (Å²) in [5.74, 6) is -0.460. The lowest BCUT2D eigenvalue weighted by molar-refractivity contribution is 0.386. The van der Waals surface area contributed by atoms with Crippen LogP contribution in [0.3, 0.4) is 0 Å².